The van der Waals surface area contributed by atoms with Crippen LogP contribution in [0.1, 0.15) is 6.92 Å². The molecule has 0 saturated heterocycles. The maximum absolute atomic E-state index is 10.7. The molecule has 0 aliphatic heterocycles. The number of carbonyl (C=O) groups excluding carboxylic acids is 1. The van der Waals surface area contributed by atoms with Crippen molar-refractivity contribution in [2.75, 3.05) is 6.61 Å². The Hall–Kier alpha value is -0.490. The van der Waals surface area contributed by atoms with E-state index in [9.17, 15) is 4.79 Å². The first-order valence-electron chi connectivity index (χ1n) is 3.19. The molecule has 0 aliphatic carbocycles. The Morgan fingerprint density at radius 1 is 1.36 bits per heavy atom. The highest BCUT2D eigenvalue weighted by Gasteiger charge is 2.26. The van der Waals surface area contributed by atoms with Crippen molar-refractivity contribution in [3.63, 3.8) is 0 Å². The van der Waals surface area contributed by atoms with Crippen molar-refractivity contribution in [1.82, 2.24) is 0 Å². The minimum Gasteiger partial charge on any atom is -0.393 e. The molecule has 0 aromatic heterocycles. The van der Waals surface area contributed by atoms with Gasteiger partial charge in [0.25, 0.3) is 0 Å². The van der Waals surface area contributed by atoms with Crippen LogP contribution in [0.4, 0.5) is 0 Å². The summed E-state index contributed by atoms with van der Waals surface area (Å²) >= 11 is 0. The van der Waals surface area contributed by atoms with Gasteiger partial charge < -0.3 is 20.4 Å². The minimum atomic E-state index is -1.63. The zero-order valence-corrected chi connectivity index (χ0v) is 6.14. The predicted molar refractivity (Wildman–Crippen MR) is 35.8 cm³/mol. The molecule has 0 aliphatic rings. The number of hydrogen-bond acceptors (Lipinski definition) is 5. The third-order valence-electron chi connectivity index (χ3n) is 1.25. The summed E-state index contributed by atoms with van der Waals surface area (Å²) in [5.41, 5.74) is 0. The topological polar surface area (TPSA) is 98.0 Å². The van der Waals surface area contributed by atoms with Crippen LogP contribution in [0.25, 0.3) is 0 Å². The number of rotatable bonds is 4. The van der Waals surface area contributed by atoms with Gasteiger partial charge in [-0.15, -0.1) is 0 Å². The minimum absolute atomic E-state index is 0.747. The van der Waals surface area contributed by atoms with E-state index in [1.54, 1.807) is 0 Å². The summed E-state index contributed by atoms with van der Waals surface area (Å²) in [6, 6.07) is 0. The lowest BCUT2D eigenvalue weighted by atomic mass is 10.1. The van der Waals surface area contributed by atoms with E-state index in [1.165, 1.54) is 6.92 Å². The molecular formula is C6H12O5. The van der Waals surface area contributed by atoms with E-state index in [-0.39, 0.29) is 0 Å². The number of aliphatic hydroxyl groups excluding tert-OH is 4. The molecule has 3 atom stereocenters. The van der Waals surface area contributed by atoms with Gasteiger partial charge in [-0.2, -0.15) is 0 Å². The standard InChI is InChI=1S/C6H12O5/c1-3(8)5(10)6(11)4(9)2-7/h3-5,7-10H,2H2,1H3/t3-,4-,5+/m1/s1. The van der Waals surface area contributed by atoms with E-state index in [0.717, 1.165) is 0 Å². The number of Topliss-reactive ketones (excluding diaryl/α,β-unsaturated/α-hetero) is 1. The molecule has 0 fully saturated rings. The Morgan fingerprint density at radius 2 is 1.82 bits per heavy atom. The second kappa shape index (κ2) is 4.40. The number of carbonyl (C=O) groups is 1. The van der Waals surface area contributed by atoms with E-state index < -0.39 is 30.7 Å². The van der Waals surface area contributed by atoms with E-state index in [2.05, 4.69) is 0 Å². The lowest BCUT2D eigenvalue weighted by Crippen LogP contribution is -2.40. The maximum Gasteiger partial charge on any atom is 0.194 e. The molecule has 0 bridgehead atoms. The molecular weight excluding hydrogens is 152 g/mol. The van der Waals surface area contributed by atoms with Crippen LogP contribution in [-0.4, -0.2) is 51.1 Å². The zero-order chi connectivity index (χ0) is 9.02. The molecule has 0 radical (unpaired) electrons. The molecule has 5 heteroatoms. The van der Waals surface area contributed by atoms with E-state index in [4.69, 9.17) is 20.4 Å². The molecule has 0 unspecified atom stereocenters. The average molecular weight is 164 g/mol. The van der Waals surface area contributed by atoms with Crippen LogP contribution in [0.15, 0.2) is 0 Å². The second-order valence-corrected chi connectivity index (χ2v) is 2.29. The quantitative estimate of drug-likeness (QED) is 0.373. The van der Waals surface area contributed by atoms with E-state index >= 15 is 0 Å². The highest BCUT2D eigenvalue weighted by molar-refractivity contribution is 5.87. The predicted octanol–water partition coefficient (Wildman–Crippen LogP) is -2.35. The number of aliphatic hydroxyl groups is 4. The average Bonchev–Trinajstić information content (AvgIpc) is 2.00. The zero-order valence-electron chi connectivity index (χ0n) is 6.14. The third-order valence-corrected chi connectivity index (χ3v) is 1.25. The first kappa shape index (κ1) is 10.5. The van der Waals surface area contributed by atoms with Crippen molar-refractivity contribution < 1.29 is 25.2 Å². The molecule has 5 nitrogen and oxygen atoms in total. The van der Waals surface area contributed by atoms with Crippen molar-refractivity contribution in [1.29, 1.82) is 0 Å². The van der Waals surface area contributed by atoms with E-state index in [1.807, 2.05) is 0 Å². The molecule has 0 saturated carbocycles. The highest BCUT2D eigenvalue weighted by atomic mass is 16.4. The fourth-order valence-corrected chi connectivity index (χ4v) is 0.525. The molecule has 4 N–H and O–H groups in total. The van der Waals surface area contributed by atoms with Crippen LogP contribution < -0.4 is 0 Å². The van der Waals surface area contributed by atoms with Crippen molar-refractivity contribution in [3.05, 3.63) is 0 Å². The van der Waals surface area contributed by atoms with Crippen LogP contribution in [-0.2, 0) is 4.79 Å². The van der Waals surface area contributed by atoms with Gasteiger partial charge in [-0.05, 0) is 6.92 Å². The summed E-state index contributed by atoms with van der Waals surface area (Å²) in [6.45, 7) is 0.468. The summed E-state index contributed by atoms with van der Waals surface area (Å²) in [7, 11) is 0. The van der Waals surface area contributed by atoms with Gasteiger partial charge in [-0.3, -0.25) is 4.79 Å². The molecule has 0 aromatic carbocycles. The molecule has 0 spiro atoms. The van der Waals surface area contributed by atoms with Gasteiger partial charge >= 0.3 is 0 Å². The Morgan fingerprint density at radius 3 is 2.09 bits per heavy atom. The first-order valence-corrected chi connectivity index (χ1v) is 3.19. The Labute approximate surface area is 63.9 Å². The summed E-state index contributed by atoms with van der Waals surface area (Å²) in [6.07, 6.45) is -4.47. The molecule has 0 amide bonds. The Kier molecular flexibility index (Phi) is 4.20. The molecule has 0 aromatic rings. The molecule has 0 heterocycles. The Balaban J connectivity index is 4.02. The molecule has 66 valence electrons. The summed E-state index contributed by atoms with van der Waals surface area (Å²) in [5.74, 6) is -0.970. The van der Waals surface area contributed by atoms with Gasteiger partial charge in [0.15, 0.2) is 5.78 Å². The maximum atomic E-state index is 10.7. The smallest absolute Gasteiger partial charge is 0.194 e. The van der Waals surface area contributed by atoms with Crippen molar-refractivity contribution in [2.24, 2.45) is 0 Å². The van der Waals surface area contributed by atoms with Crippen molar-refractivity contribution in [3.8, 4) is 0 Å². The first-order chi connectivity index (χ1) is 5.00. The normalized spacial score (nSPS) is 19.0. The lowest BCUT2D eigenvalue weighted by Gasteiger charge is -2.14. The monoisotopic (exact) mass is 164 g/mol. The SMILES string of the molecule is C[C@@H](O)[C@H](O)C(=O)[C@H](O)CO. The fourth-order valence-electron chi connectivity index (χ4n) is 0.525. The Bertz CT molecular complexity index is 133. The summed E-state index contributed by atoms with van der Waals surface area (Å²) < 4.78 is 0. The fraction of sp³-hybridized carbons (Fsp3) is 0.833. The third kappa shape index (κ3) is 2.94. The van der Waals surface area contributed by atoms with Crippen molar-refractivity contribution in [2.45, 2.75) is 25.2 Å². The second-order valence-electron chi connectivity index (χ2n) is 2.29. The van der Waals surface area contributed by atoms with Gasteiger partial charge in [-0.25, -0.2) is 0 Å². The largest absolute Gasteiger partial charge is 0.393 e. The highest BCUT2D eigenvalue weighted by Crippen LogP contribution is 1.97. The van der Waals surface area contributed by atoms with Gasteiger partial charge in [0.2, 0.25) is 0 Å². The van der Waals surface area contributed by atoms with Crippen molar-refractivity contribution >= 4 is 5.78 Å². The molecule has 11 heavy (non-hydrogen) atoms. The van der Waals surface area contributed by atoms with Gasteiger partial charge in [0, 0.05) is 0 Å². The van der Waals surface area contributed by atoms with Gasteiger partial charge in [0.05, 0.1) is 12.7 Å². The molecule has 0 rings (SSSR count). The van der Waals surface area contributed by atoms with Crippen LogP contribution in [0.3, 0.4) is 0 Å². The van der Waals surface area contributed by atoms with Crippen LogP contribution in [0, 0.1) is 0 Å². The lowest BCUT2D eigenvalue weighted by molar-refractivity contribution is -0.142. The van der Waals surface area contributed by atoms with E-state index in [0.29, 0.717) is 0 Å². The van der Waals surface area contributed by atoms with Crippen LogP contribution in [0.5, 0.6) is 0 Å². The van der Waals surface area contributed by atoms with Gasteiger partial charge in [-0.1, -0.05) is 0 Å². The number of hydrogen-bond donors (Lipinski definition) is 4. The van der Waals surface area contributed by atoms with Crippen LogP contribution >= 0.6 is 0 Å². The summed E-state index contributed by atoms with van der Waals surface area (Å²) in [4.78, 5) is 10.7. The van der Waals surface area contributed by atoms with Gasteiger partial charge in [0.1, 0.15) is 12.2 Å². The van der Waals surface area contributed by atoms with Crippen LogP contribution in [0.2, 0.25) is 0 Å². The number of ketones is 1. The summed E-state index contributed by atoms with van der Waals surface area (Å²) in [5, 5.41) is 34.4.